The zero-order valence-electron chi connectivity index (χ0n) is 12.1. The van der Waals surface area contributed by atoms with E-state index in [1.807, 2.05) is 14.1 Å². The van der Waals surface area contributed by atoms with Crippen molar-refractivity contribution in [3.63, 3.8) is 0 Å². The van der Waals surface area contributed by atoms with Gasteiger partial charge in [-0.25, -0.2) is 4.98 Å². The van der Waals surface area contributed by atoms with Crippen LogP contribution in [0, 0.1) is 5.92 Å². The van der Waals surface area contributed by atoms with Gasteiger partial charge in [-0.2, -0.15) is 0 Å². The molecule has 0 aliphatic heterocycles. The number of carbonyl (C=O) groups is 1. The molecule has 1 amide bonds. The summed E-state index contributed by atoms with van der Waals surface area (Å²) < 4.78 is 0. The number of hydrogen-bond acceptors (Lipinski definition) is 5. The normalized spacial score (nSPS) is 13.0. The van der Waals surface area contributed by atoms with E-state index in [2.05, 4.69) is 29.0 Å². The Morgan fingerprint density at radius 3 is 2.74 bits per heavy atom. The fourth-order valence-corrected chi connectivity index (χ4v) is 2.75. The molecule has 6 heteroatoms. The zero-order valence-corrected chi connectivity index (χ0v) is 13.0. The molecule has 0 bridgehead atoms. The van der Waals surface area contributed by atoms with Gasteiger partial charge in [-0.15, -0.1) is 11.3 Å². The maximum absolute atomic E-state index is 12.0. The Morgan fingerprint density at radius 1 is 1.53 bits per heavy atom. The summed E-state index contributed by atoms with van der Waals surface area (Å²) in [6, 6.07) is 0.325. The predicted octanol–water partition coefficient (Wildman–Crippen LogP) is 0.960. The summed E-state index contributed by atoms with van der Waals surface area (Å²) in [7, 11) is 4.05. The summed E-state index contributed by atoms with van der Waals surface area (Å²) in [6.45, 7) is 5.50. The summed E-state index contributed by atoms with van der Waals surface area (Å²) in [5.74, 6) is 0.380. The van der Waals surface area contributed by atoms with Crippen LogP contribution in [0.2, 0.25) is 0 Å². The van der Waals surface area contributed by atoms with E-state index >= 15 is 0 Å². The molecule has 0 aromatic carbocycles. The fourth-order valence-electron chi connectivity index (χ4n) is 1.96. The van der Waals surface area contributed by atoms with Crippen LogP contribution >= 0.6 is 11.3 Å². The van der Waals surface area contributed by atoms with E-state index in [4.69, 9.17) is 5.73 Å². The van der Waals surface area contributed by atoms with Crippen molar-refractivity contribution in [1.82, 2.24) is 15.2 Å². The lowest BCUT2D eigenvalue weighted by molar-refractivity contribution is 0.0930. The highest BCUT2D eigenvalue weighted by Crippen LogP contribution is 2.10. The van der Waals surface area contributed by atoms with Crippen LogP contribution in [0.25, 0.3) is 0 Å². The minimum absolute atomic E-state index is 0.105. The van der Waals surface area contributed by atoms with Crippen LogP contribution in [0.15, 0.2) is 5.38 Å². The van der Waals surface area contributed by atoms with Crippen LogP contribution in [0.1, 0.15) is 29.3 Å². The van der Waals surface area contributed by atoms with Gasteiger partial charge in [0, 0.05) is 24.4 Å². The molecular weight excluding hydrogens is 260 g/mol. The van der Waals surface area contributed by atoms with Gasteiger partial charge in [-0.05, 0) is 26.6 Å². The first-order valence-electron chi connectivity index (χ1n) is 6.54. The van der Waals surface area contributed by atoms with E-state index in [9.17, 15) is 4.79 Å². The molecule has 3 N–H and O–H groups in total. The number of nitrogens with one attached hydrogen (secondary N) is 1. The van der Waals surface area contributed by atoms with Gasteiger partial charge in [0.25, 0.3) is 5.91 Å². The van der Waals surface area contributed by atoms with Crippen molar-refractivity contribution in [1.29, 1.82) is 0 Å². The second-order valence-electron chi connectivity index (χ2n) is 5.15. The largest absolute Gasteiger partial charge is 0.349 e. The summed E-state index contributed by atoms with van der Waals surface area (Å²) in [5, 5.41) is 5.66. The molecule has 1 unspecified atom stereocenters. The van der Waals surface area contributed by atoms with Gasteiger partial charge in [0.2, 0.25) is 0 Å². The van der Waals surface area contributed by atoms with Crippen LogP contribution in [-0.2, 0) is 6.42 Å². The molecule has 0 spiro atoms. The lowest BCUT2D eigenvalue weighted by Gasteiger charge is -2.27. The van der Waals surface area contributed by atoms with Gasteiger partial charge in [0.05, 0.1) is 5.01 Å². The van der Waals surface area contributed by atoms with Crippen LogP contribution in [0.4, 0.5) is 0 Å². The van der Waals surface area contributed by atoms with E-state index in [-0.39, 0.29) is 5.91 Å². The van der Waals surface area contributed by atoms with Crippen molar-refractivity contribution >= 4 is 17.2 Å². The number of likely N-dealkylation sites (N-methyl/N-ethyl adjacent to an activating group) is 1. The number of amides is 1. The number of thiazole rings is 1. The topological polar surface area (TPSA) is 71.2 Å². The summed E-state index contributed by atoms with van der Waals surface area (Å²) in [5.41, 5.74) is 5.97. The first kappa shape index (κ1) is 16.1. The highest BCUT2D eigenvalue weighted by Gasteiger charge is 2.18. The Morgan fingerprint density at radius 2 is 2.21 bits per heavy atom. The lowest BCUT2D eigenvalue weighted by Crippen LogP contribution is -2.43. The average molecular weight is 284 g/mol. The summed E-state index contributed by atoms with van der Waals surface area (Å²) in [6.07, 6.45) is 0.726. The summed E-state index contributed by atoms with van der Waals surface area (Å²) in [4.78, 5) is 18.4. The molecule has 0 fully saturated rings. The van der Waals surface area contributed by atoms with E-state index in [1.54, 1.807) is 5.38 Å². The van der Waals surface area contributed by atoms with Gasteiger partial charge in [-0.1, -0.05) is 13.8 Å². The third kappa shape index (κ3) is 4.89. The number of hydrogen-bond donors (Lipinski definition) is 2. The second-order valence-corrected chi connectivity index (χ2v) is 6.09. The quantitative estimate of drug-likeness (QED) is 0.782. The van der Waals surface area contributed by atoms with Gasteiger partial charge in [-0.3, -0.25) is 4.79 Å². The third-order valence-corrected chi connectivity index (χ3v) is 3.96. The monoisotopic (exact) mass is 284 g/mol. The number of aromatic nitrogens is 1. The lowest BCUT2D eigenvalue weighted by atomic mass is 10.0. The third-order valence-electron chi connectivity index (χ3n) is 3.05. The Kier molecular flexibility index (Phi) is 6.41. The SMILES string of the molecule is CC(C)C(CNC(=O)c1csc(CCN)n1)N(C)C. The Balaban J connectivity index is 2.54. The van der Waals surface area contributed by atoms with E-state index in [0.29, 0.717) is 30.7 Å². The van der Waals surface area contributed by atoms with E-state index < -0.39 is 0 Å². The minimum atomic E-state index is -0.105. The van der Waals surface area contributed by atoms with Gasteiger partial charge < -0.3 is 16.0 Å². The number of carbonyl (C=O) groups excluding carboxylic acids is 1. The molecular formula is C13H24N4OS. The van der Waals surface area contributed by atoms with Gasteiger partial charge >= 0.3 is 0 Å². The molecule has 19 heavy (non-hydrogen) atoms. The first-order valence-corrected chi connectivity index (χ1v) is 7.42. The molecule has 108 valence electrons. The van der Waals surface area contributed by atoms with Crippen molar-refractivity contribution in [2.75, 3.05) is 27.2 Å². The molecule has 5 nitrogen and oxygen atoms in total. The van der Waals surface area contributed by atoms with E-state index in [0.717, 1.165) is 11.4 Å². The Labute approximate surface area is 119 Å². The fraction of sp³-hybridized carbons (Fsp3) is 0.692. The van der Waals surface area contributed by atoms with Crippen LogP contribution < -0.4 is 11.1 Å². The second kappa shape index (κ2) is 7.57. The maximum Gasteiger partial charge on any atom is 0.270 e. The highest BCUT2D eigenvalue weighted by atomic mass is 32.1. The molecule has 0 saturated heterocycles. The Bertz CT molecular complexity index is 395. The van der Waals surface area contributed by atoms with Gasteiger partial charge in [0.1, 0.15) is 5.69 Å². The van der Waals surface area contributed by atoms with E-state index in [1.165, 1.54) is 11.3 Å². The van der Waals surface area contributed by atoms with Crippen LogP contribution in [-0.4, -0.2) is 49.0 Å². The first-order chi connectivity index (χ1) is 8.95. The molecule has 0 saturated carbocycles. The van der Waals surface area contributed by atoms with Gasteiger partial charge in [0.15, 0.2) is 0 Å². The zero-order chi connectivity index (χ0) is 14.4. The van der Waals surface area contributed by atoms with Crippen molar-refractivity contribution < 1.29 is 4.79 Å². The van der Waals surface area contributed by atoms with Crippen LogP contribution in [0.5, 0.6) is 0 Å². The minimum Gasteiger partial charge on any atom is -0.349 e. The summed E-state index contributed by atoms with van der Waals surface area (Å²) >= 11 is 1.49. The highest BCUT2D eigenvalue weighted by molar-refractivity contribution is 7.09. The predicted molar refractivity (Wildman–Crippen MR) is 79.5 cm³/mol. The molecule has 0 aliphatic carbocycles. The molecule has 1 aromatic heterocycles. The average Bonchev–Trinajstić information content (AvgIpc) is 2.77. The molecule has 0 radical (unpaired) electrons. The molecule has 1 rings (SSSR count). The van der Waals surface area contributed by atoms with Crippen LogP contribution in [0.3, 0.4) is 0 Å². The molecule has 0 aliphatic rings. The molecule has 1 atom stereocenters. The van der Waals surface area contributed by atoms with Crippen molar-refractivity contribution in [3.05, 3.63) is 16.1 Å². The number of rotatable bonds is 7. The number of nitrogens with two attached hydrogens (primary N) is 1. The number of nitrogens with zero attached hydrogens (tertiary/aromatic N) is 2. The Hall–Kier alpha value is -0.980. The van der Waals surface area contributed by atoms with Crippen molar-refractivity contribution in [2.45, 2.75) is 26.3 Å². The van der Waals surface area contributed by atoms with Crippen molar-refractivity contribution in [2.24, 2.45) is 11.7 Å². The smallest absolute Gasteiger partial charge is 0.270 e. The molecule has 1 heterocycles. The standard InChI is InChI=1S/C13H24N4OS/c1-9(2)11(17(3)4)7-15-13(18)10-8-19-12(16-10)5-6-14/h8-9,11H,5-7,14H2,1-4H3,(H,15,18). The van der Waals surface area contributed by atoms with Crippen molar-refractivity contribution in [3.8, 4) is 0 Å². The molecule has 1 aromatic rings. The maximum atomic E-state index is 12.0.